The molecule has 1 aromatic carbocycles. The molecule has 160 valence electrons. The Morgan fingerprint density at radius 1 is 1.30 bits per heavy atom. The largest absolute Gasteiger partial charge is 0.478 e. The highest BCUT2D eigenvalue weighted by atomic mass is 35.5. The summed E-state index contributed by atoms with van der Waals surface area (Å²) in [6.07, 6.45) is -5.25. The molecule has 0 spiro atoms. The second-order valence-corrected chi connectivity index (χ2v) is 7.08. The number of alkyl halides is 3. The fraction of sp³-hybridized carbons (Fsp3) is 0.294. The van der Waals surface area contributed by atoms with E-state index in [1.807, 2.05) is 0 Å². The van der Waals surface area contributed by atoms with Crippen molar-refractivity contribution in [1.29, 1.82) is 0 Å². The molecule has 0 bridgehead atoms. The van der Waals surface area contributed by atoms with E-state index >= 15 is 0 Å². The minimum absolute atomic E-state index is 0.0112. The molecule has 30 heavy (non-hydrogen) atoms. The van der Waals surface area contributed by atoms with Gasteiger partial charge in [-0.1, -0.05) is 16.8 Å². The molecule has 3 rings (SSSR count). The third kappa shape index (κ3) is 3.47. The lowest BCUT2D eigenvalue weighted by molar-refractivity contribution is -0.160. The van der Waals surface area contributed by atoms with Crippen LogP contribution in [0.25, 0.3) is 5.69 Å². The molecule has 2 aromatic rings. The van der Waals surface area contributed by atoms with Crippen molar-refractivity contribution >= 4 is 23.3 Å². The van der Waals surface area contributed by atoms with E-state index in [0.29, 0.717) is 0 Å². The lowest BCUT2D eigenvalue weighted by atomic mass is 9.96. The summed E-state index contributed by atoms with van der Waals surface area (Å²) in [5, 5.41) is 12.6. The van der Waals surface area contributed by atoms with Crippen LogP contribution in [0.5, 0.6) is 0 Å². The lowest BCUT2D eigenvalue weighted by Crippen LogP contribution is -2.41. The summed E-state index contributed by atoms with van der Waals surface area (Å²) in [7, 11) is 0.781. The molecular weight excluding hydrogens is 438 g/mol. The van der Waals surface area contributed by atoms with Crippen LogP contribution in [-0.4, -0.2) is 31.5 Å². The summed E-state index contributed by atoms with van der Waals surface area (Å²) >= 11 is 5.99. The number of carbonyl (C=O) groups is 1. The average molecular weight is 450 g/mol. The minimum atomic E-state index is -4.98. The zero-order valence-electron chi connectivity index (χ0n) is 15.3. The van der Waals surface area contributed by atoms with Gasteiger partial charge in [0.05, 0.1) is 16.4 Å². The molecule has 1 atom stereocenters. The van der Waals surface area contributed by atoms with Crippen LogP contribution in [0.15, 0.2) is 32.9 Å². The van der Waals surface area contributed by atoms with Gasteiger partial charge in [0, 0.05) is 25.1 Å². The number of benzene rings is 1. The molecule has 8 nitrogen and oxygen atoms in total. The van der Waals surface area contributed by atoms with Crippen molar-refractivity contribution in [2.45, 2.75) is 25.1 Å². The van der Waals surface area contributed by atoms with Gasteiger partial charge in [0.25, 0.3) is 5.56 Å². The van der Waals surface area contributed by atoms with E-state index in [4.69, 9.17) is 16.4 Å². The van der Waals surface area contributed by atoms with Crippen molar-refractivity contribution in [3.05, 3.63) is 61.1 Å². The standard InChI is InChI=1S/C17H12ClF4N3O5/c1-16(14(27)28)6-10(23-30-16)7-3-11(9(19)4-8(7)18)25-13(26)5-12(17(20,21)22)24(2)15(25)29/h3-5H,6H2,1-2H3,(H,27,28)/t16-/m1/s1. The first-order valence-corrected chi connectivity index (χ1v) is 8.52. The summed E-state index contributed by atoms with van der Waals surface area (Å²) in [6.45, 7) is 1.24. The molecular formula is C17H12ClF4N3O5. The van der Waals surface area contributed by atoms with E-state index in [-0.39, 0.29) is 37.9 Å². The number of rotatable bonds is 3. The predicted octanol–water partition coefficient (Wildman–Crippen LogP) is 2.32. The van der Waals surface area contributed by atoms with Crippen molar-refractivity contribution in [1.82, 2.24) is 9.13 Å². The minimum Gasteiger partial charge on any atom is -0.478 e. The van der Waals surface area contributed by atoms with Crippen LogP contribution in [0.1, 0.15) is 24.6 Å². The molecule has 0 amide bonds. The number of aliphatic carboxylic acids is 1. The third-order valence-corrected chi connectivity index (χ3v) is 4.83. The van der Waals surface area contributed by atoms with Gasteiger partial charge in [0.2, 0.25) is 5.60 Å². The normalized spacial score (nSPS) is 18.8. The average Bonchev–Trinajstić information content (AvgIpc) is 3.02. The van der Waals surface area contributed by atoms with E-state index in [0.717, 1.165) is 19.2 Å². The van der Waals surface area contributed by atoms with Crippen molar-refractivity contribution in [3.8, 4) is 5.69 Å². The number of hydrogen-bond donors (Lipinski definition) is 1. The van der Waals surface area contributed by atoms with Gasteiger partial charge in [-0.05, 0) is 19.1 Å². The Bertz CT molecular complexity index is 1220. The summed E-state index contributed by atoms with van der Waals surface area (Å²) in [5.41, 5.74) is -6.82. The SMILES string of the molecule is Cn1c(C(F)(F)F)cc(=O)n(-c2cc(C3=NO[C@@](C)(C(=O)O)C3)c(Cl)cc2F)c1=O. The molecule has 13 heteroatoms. The van der Waals surface area contributed by atoms with E-state index in [1.165, 1.54) is 6.92 Å². The van der Waals surface area contributed by atoms with Gasteiger partial charge >= 0.3 is 17.8 Å². The van der Waals surface area contributed by atoms with E-state index in [2.05, 4.69) is 5.16 Å². The monoisotopic (exact) mass is 449 g/mol. The van der Waals surface area contributed by atoms with Crippen molar-refractivity contribution in [2.24, 2.45) is 12.2 Å². The third-order valence-electron chi connectivity index (χ3n) is 4.51. The Balaban J connectivity index is 2.20. The zero-order valence-corrected chi connectivity index (χ0v) is 16.0. The number of halogens is 5. The highest BCUT2D eigenvalue weighted by molar-refractivity contribution is 6.34. The van der Waals surface area contributed by atoms with E-state index < -0.39 is 46.2 Å². The van der Waals surface area contributed by atoms with Gasteiger partial charge in [-0.15, -0.1) is 0 Å². The van der Waals surface area contributed by atoms with Crippen molar-refractivity contribution in [3.63, 3.8) is 0 Å². The highest BCUT2D eigenvalue weighted by Crippen LogP contribution is 2.32. The zero-order chi connectivity index (χ0) is 22.6. The maximum Gasteiger partial charge on any atom is 0.431 e. The Labute approximate surface area is 169 Å². The van der Waals surface area contributed by atoms with Crippen LogP contribution >= 0.6 is 11.6 Å². The molecule has 0 unspecified atom stereocenters. The smallest absolute Gasteiger partial charge is 0.431 e. The molecule has 0 fully saturated rings. The van der Waals surface area contributed by atoms with Gasteiger partial charge in [-0.2, -0.15) is 13.2 Å². The van der Waals surface area contributed by atoms with Crippen molar-refractivity contribution < 1.29 is 32.3 Å². The highest BCUT2D eigenvalue weighted by Gasteiger charge is 2.43. The number of carboxylic acid groups (broad SMARTS) is 1. The topological polar surface area (TPSA) is 103 Å². The summed E-state index contributed by atoms with van der Waals surface area (Å²) in [4.78, 5) is 40.8. The molecule has 0 saturated carbocycles. The number of oxime groups is 1. The number of aromatic nitrogens is 2. The van der Waals surface area contributed by atoms with Crippen LogP contribution in [0.2, 0.25) is 5.02 Å². The first kappa shape index (κ1) is 21.6. The maximum absolute atomic E-state index is 14.5. The molecule has 0 radical (unpaired) electrons. The van der Waals surface area contributed by atoms with Crippen molar-refractivity contribution in [2.75, 3.05) is 0 Å². The lowest BCUT2D eigenvalue weighted by Gasteiger charge is -2.16. The van der Waals surface area contributed by atoms with Gasteiger partial charge in [-0.25, -0.2) is 18.5 Å². The molecule has 1 aliphatic heterocycles. The Kier molecular flexibility index (Phi) is 5.01. The molecule has 1 N–H and O–H groups in total. The van der Waals surface area contributed by atoms with Crippen LogP contribution in [-0.2, 0) is 22.9 Å². The first-order chi connectivity index (χ1) is 13.8. The summed E-state index contributed by atoms with van der Waals surface area (Å²) in [6, 6.07) is 1.81. The molecule has 1 aromatic heterocycles. The van der Waals surface area contributed by atoms with Crippen LogP contribution in [0, 0.1) is 5.82 Å². The number of hydrogen-bond acceptors (Lipinski definition) is 5. The summed E-state index contributed by atoms with van der Waals surface area (Å²) < 4.78 is 53.9. The second kappa shape index (κ2) is 6.97. The maximum atomic E-state index is 14.5. The Hall–Kier alpha value is -3.15. The van der Waals surface area contributed by atoms with Gasteiger partial charge in [-0.3, -0.25) is 9.36 Å². The van der Waals surface area contributed by atoms with Crippen LogP contribution in [0.3, 0.4) is 0 Å². The fourth-order valence-electron chi connectivity index (χ4n) is 2.85. The van der Waals surface area contributed by atoms with Crippen LogP contribution in [0.4, 0.5) is 17.6 Å². The number of carboxylic acids is 1. The predicted molar refractivity (Wildman–Crippen MR) is 95.5 cm³/mol. The molecule has 0 aliphatic carbocycles. The van der Waals surface area contributed by atoms with Gasteiger partial charge < -0.3 is 9.94 Å². The quantitative estimate of drug-likeness (QED) is 0.724. The first-order valence-electron chi connectivity index (χ1n) is 8.15. The van der Waals surface area contributed by atoms with Crippen LogP contribution < -0.4 is 11.2 Å². The second-order valence-electron chi connectivity index (χ2n) is 6.67. The Morgan fingerprint density at radius 3 is 2.47 bits per heavy atom. The molecule has 2 heterocycles. The Morgan fingerprint density at radius 2 is 1.93 bits per heavy atom. The fourth-order valence-corrected chi connectivity index (χ4v) is 3.11. The number of nitrogens with zero attached hydrogens (tertiary/aromatic N) is 3. The van der Waals surface area contributed by atoms with E-state index in [9.17, 15) is 37.1 Å². The molecule has 1 aliphatic rings. The summed E-state index contributed by atoms with van der Waals surface area (Å²) in [5.74, 6) is -2.49. The van der Waals surface area contributed by atoms with Gasteiger partial charge in [0.1, 0.15) is 11.5 Å². The van der Waals surface area contributed by atoms with Gasteiger partial charge in [0.15, 0.2) is 0 Å². The van der Waals surface area contributed by atoms with E-state index in [1.54, 1.807) is 0 Å². The molecule has 0 saturated heterocycles.